The van der Waals surface area contributed by atoms with Gasteiger partial charge in [-0.15, -0.1) is 0 Å². The largest absolute Gasteiger partial charge is 0.478 e. The lowest BCUT2D eigenvalue weighted by Gasteiger charge is -2.13. The lowest BCUT2D eigenvalue weighted by molar-refractivity contribution is -0.147. The Balaban J connectivity index is 3.95. The molecule has 0 heterocycles. The van der Waals surface area contributed by atoms with E-state index in [2.05, 4.69) is 4.74 Å². The Bertz CT molecular complexity index is 219. The van der Waals surface area contributed by atoms with Crippen LogP contribution in [0.5, 0.6) is 0 Å². The number of carbonyl (C=O) groups excluding carboxylic acids is 1. The van der Waals surface area contributed by atoms with E-state index in [0.717, 1.165) is 6.08 Å². The van der Waals surface area contributed by atoms with Crippen LogP contribution < -0.4 is 0 Å². The Hall–Kier alpha value is -1.36. The van der Waals surface area contributed by atoms with Crippen LogP contribution in [0.4, 0.5) is 0 Å². The Morgan fingerprint density at radius 1 is 1.31 bits per heavy atom. The minimum Gasteiger partial charge on any atom is -0.478 e. The van der Waals surface area contributed by atoms with Crippen molar-refractivity contribution in [2.45, 2.75) is 26.1 Å². The van der Waals surface area contributed by atoms with E-state index in [1.165, 1.54) is 13.8 Å². The van der Waals surface area contributed by atoms with Gasteiger partial charge < -0.3 is 14.9 Å². The molecule has 5 nitrogen and oxygen atoms in total. The van der Waals surface area contributed by atoms with Crippen LogP contribution in [0.2, 0.25) is 0 Å². The number of hydrogen-bond donors (Lipinski definition) is 2. The molecule has 0 rings (SSSR count). The molecule has 0 saturated heterocycles. The van der Waals surface area contributed by atoms with Gasteiger partial charge in [-0.1, -0.05) is 0 Å². The summed E-state index contributed by atoms with van der Waals surface area (Å²) in [5.41, 5.74) is 0. The van der Waals surface area contributed by atoms with Crippen LogP contribution in [0.1, 0.15) is 13.8 Å². The van der Waals surface area contributed by atoms with Crippen molar-refractivity contribution in [2.75, 3.05) is 0 Å². The molecule has 0 spiro atoms. The molecule has 2 unspecified atom stereocenters. The van der Waals surface area contributed by atoms with Gasteiger partial charge in [-0.2, -0.15) is 0 Å². The Labute approximate surface area is 75.6 Å². The number of ether oxygens (including phenoxy) is 1. The summed E-state index contributed by atoms with van der Waals surface area (Å²) in [7, 11) is 0. The average molecular weight is 188 g/mol. The average Bonchev–Trinajstić information content (AvgIpc) is 2.00. The third-order valence-electron chi connectivity index (χ3n) is 1.34. The quantitative estimate of drug-likeness (QED) is 0.477. The Morgan fingerprint density at radius 3 is 2.23 bits per heavy atom. The van der Waals surface area contributed by atoms with Gasteiger partial charge in [0.05, 0.1) is 6.10 Å². The van der Waals surface area contributed by atoms with Crippen molar-refractivity contribution in [1.82, 2.24) is 0 Å². The van der Waals surface area contributed by atoms with Gasteiger partial charge in [0, 0.05) is 12.2 Å². The van der Waals surface area contributed by atoms with Crippen LogP contribution in [-0.4, -0.2) is 34.4 Å². The maximum Gasteiger partial charge on any atom is 0.331 e. The zero-order valence-corrected chi connectivity index (χ0v) is 7.43. The first kappa shape index (κ1) is 11.6. The number of carboxylic acids is 1. The summed E-state index contributed by atoms with van der Waals surface area (Å²) in [5.74, 6) is -2.00. The third-order valence-corrected chi connectivity index (χ3v) is 1.34. The van der Waals surface area contributed by atoms with Gasteiger partial charge in [0.2, 0.25) is 0 Å². The molecule has 0 aromatic rings. The first-order valence-corrected chi connectivity index (χ1v) is 3.73. The second-order valence-corrected chi connectivity index (χ2v) is 2.55. The van der Waals surface area contributed by atoms with Crippen molar-refractivity contribution >= 4 is 11.9 Å². The van der Waals surface area contributed by atoms with Crippen molar-refractivity contribution in [3.05, 3.63) is 12.2 Å². The topological polar surface area (TPSA) is 83.8 Å². The highest BCUT2D eigenvalue weighted by atomic mass is 16.6. The SMILES string of the molecule is CC(O)C(C)OC(=O)/C=C/C(=O)O. The minimum absolute atomic E-state index is 0.647. The fourth-order valence-corrected chi connectivity index (χ4v) is 0.460. The molecule has 13 heavy (non-hydrogen) atoms. The molecule has 0 bridgehead atoms. The molecule has 0 aromatic heterocycles. The predicted octanol–water partition coefficient (Wildman–Crippen LogP) is -0.0603. The highest BCUT2D eigenvalue weighted by molar-refractivity contribution is 5.90. The van der Waals surface area contributed by atoms with E-state index in [1.54, 1.807) is 0 Å². The number of hydrogen-bond acceptors (Lipinski definition) is 4. The zero-order chi connectivity index (χ0) is 10.4. The van der Waals surface area contributed by atoms with Crippen molar-refractivity contribution in [1.29, 1.82) is 0 Å². The molecule has 5 heteroatoms. The number of aliphatic carboxylic acids is 1. The van der Waals surface area contributed by atoms with Gasteiger partial charge in [-0.05, 0) is 13.8 Å². The number of carboxylic acid groups (broad SMARTS) is 1. The number of carbonyl (C=O) groups is 2. The van der Waals surface area contributed by atoms with Gasteiger partial charge in [-0.25, -0.2) is 9.59 Å². The summed E-state index contributed by atoms with van der Waals surface area (Å²) >= 11 is 0. The molecule has 0 aliphatic rings. The fourth-order valence-electron chi connectivity index (χ4n) is 0.460. The van der Waals surface area contributed by atoms with Crippen LogP contribution in [-0.2, 0) is 14.3 Å². The number of rotatable bonds is 4. The maximum atomic E-state index is 10.8. The molecule has 0 aliphatic carbocycles. The lowest BCUT2D eigenvalue weighted by Crippen LogP contribution is -2.25. The minimum atomic E-state index is -1.22. The fraction of sp³-hybridized carbons (Fsp3) is 0.500. The van der Waals surface area contributed by atoms with E-state index >= 15 is 0 Å². The lowest BCUT2D eigenvalue weighted by atomic mass is 10.2. The molecule has 0 fully saturated rings. The van der Waals surface area contributed by atoms with Crippen LogP contribution in [0.3, 0.4) is 0 Å². The van der Waals surface area contributed by atoms with Crippen LogP contribution in [0.25, 0.3) is 0 Å². The summed E-state index contributed by atoms with van der Waals surface area (Å²) in [6.07, 6.45) is 0.0475. The normalized spacial score (nSPS) is 15.3. The molecule has 0 aromatic carbocycles. The number of aliphatic hydroxyl groups excluding tert-OH is 1. The summed E-state index contributed by atoms with van der Waals surface area (Å²) in [4.78, 5) is 20.8. The Kier molecular flexibility index (Phi) is 4.76. The molecular formula is C8H12O5. The molecule has 0 radical (unpaired) electrons. The van der Waals surface area contributed by atoms with Crippen molar-refractivity contribution in [3.8, 4) is 0 Å². The first-order chi connectivity index (χ1) is 5.93. The van der Waals surface area contributed by atoms with Crippen LogP contribution >= 0.6 is 0 Å². The van der Waals surface area contributed by atoms with E-state index < -0.39 is 24.1 Å². The molecular weight excluding hydrogens is 176 g/mol. The highest BCUT2D eigenvalue weighted by Gasteiger charge is 2.12. The first-order valence-electron chi connectivity index (χ1n) is 3.73. The van der Waals surface area contributed by atoms with Crippen molar-refractivity contribution in [3.63, 3.8) is 0 Å². The predicted molar refractivity (Wildman–Crippen MR) is 44.0 cm³/mol. The summed E-state index contributed by atoms with van der Waals surface area (Å²) in [5, 5.41) is 17.1. The van der Waals surface area contributed by atoms with E-state index in [-0.39, 0.29) is 0 Å². The third kappa shape index (κ3) is 5.86. The standard InChI is InChI=1S/C8H12O5/c1-5(9)6(2)13-8(12)4-3-7(10)11/h3-6,9H,1-2H3,(H,10,11)/b4-3+. The van der Waals surface area contributed by atoms with Gasteiger partial charge in [0.1, 0.15) is 6.10 Å². The number of aliphatic hydroxyl groups is 1. The molecule has 0 saturated carbocycles. The smallest absolute Gasteiger partial charge is 0.331 e. The molecule has 0 amide bonds. The second-order valence-electron chi connectivity index (χ2n) is 2.55. The summed E-state index contributed by atoms with van der Waals surface area (Å²) in [6.45, 7) is 2.98. The van der Waals surface area contributed by atoms with E-state index in [9.17, 15) is 9.59 Å². The van der Waals surface area contributed by atoms with E-state index in [1.807, 2.05) is 0 Å². The van der Waals surface area contributed by atoms with Gasteiger partial charge in [0.15, 0.2) is 0 Å². The molecule has 74 valence electrons. The summed E-state index contributed by atoms with van der Waals surface area (Å²) < 4.78 is 4.62. The molecule has 2 atom stereocenters. The van der Waals surface area contributed by atoms with Crippen LogP contribution in [0, 0.1) is 0 Å². The molecule has 0 aliphatic heterocycles. The monoisotopic (exact) mass is 188 g/mol. The van der Waals surface area contributed by atoms with Gasteiger partial charge >= 0.3 is 11.9 Å². The van der Waals surface area contributed by atoms with Crippen LogP contribution in [0.15, 0.2) is 12.2 Å². The number of esters is 1. The second kappa shape index (κ2) is 5.31. The van der Waals surface area contributed by atoms with E-state index in [4.69, 9.17) is 10.2 Å². The van der Waals surface area contributed by atoms with E-state index in [0.29, 0.717) is 6.08 Å². The molecule has 2 N–H and O–H groups in total. The highest BCUT2D eigenvalue weighted by Crippen LogP contribution is 1.98. The zero-order valence-electron chi connectivity index (χ0n) is 7.43. The summed E-state index contributed by atoms with van der Waals surface area (Å²) in [6, 6.07) is 0. The Morgan fingerprint density at radius 2 is 1.85 bits per heavy atom. The van der Waals surface area contributed by atoms with Crippen molar-refractivity contribution < 1.29 is 24.5 Å². The van der Waals surface area contributed by atoms with Gasteiger partial charge in [-0.3, -0.25) is 0 Å². The van der Waals surface area contributed by atoms with Crippen molar-refractivity contribution in [2.24, 2.45) is 0 Å². The maximum absolute atomic E-state index is 10.8. The van der Waals surface area contributed by atoms with Gasteiger partial charge in [0.25, 0.3) is 0 Å².